The topological polar surface area (TPSA) is 351 Å². The van der Waals surface area contributed by atoms with Gasteiger partial charge >= 0.3 is 7.82 Å². The maximum absolute atomic E-state index is 12.4. The molecule has 2 fully saturated rings. The Balaban J connectivity index is 1.27. The third-order valence-corrected chi connectivity index (χ3v) is 9.11. The Kier molecular flexibility index (Phi) is 11.2. The second kappa shape index (κ2) is 14.4. The number of aliphatic hydroxyl groups is 4. The zero-order valence-corrected chi connectivity index (χ0v) is 24.7. The highest BCUT2D eigenvalue weighted by atomic mass is 31.3. The third-order valence-electron chi connectivity index (χ3n) is 6.55. The minimum absolute atomic E-state index is 0.0508. The number of aliphatic hydroxyl groups excluding tert-OH is 4. The zero-order chi connectivity index (χ0) is 32.2. The number of ether oxygens (including phenoxy) is 2. The van der Waals surface area contributed by atoms with Gasteiger partial charge in [-0.1, -0.05) is 0 Å². The number of fused-ring (bicyclic) bond motifs is 1. The van der Waals surface area contributed by atoms with Crippen molar-refractivity contribution in [2.45, 2.75) is 61.9 Å². The number of hydrogen-bond acceptors (Lipinski definition) is 18. The Labute approximate surface area is 249 Å². The van der Waals surface area contributed by atoms with E-state index in [1.54, 1.807) is 0 Å². The highest BCUT2D eigenvalue weighted by Crippen LogP contribution is 2.58. The Morgan fingerprint density at radius 2 is 1.73 bits per heavy atom. The van der Waals surface area contributed by atoms with E-state index in [1.165, 1.54) is 10.9 Å². The SMILES string of the molecule is NCCCCN=C(N)N[C@@H]1O[C@H](COP(=O)([O-])OP(=O)(O)OC[C@H]2O[C@@H](n3cnc4c(N)ncnc43)[C@H](O)[C@@H]2O)[C@@H](O)[C@H]1O. The molecule has 2 saturated heterocycles. The van der Waals surface area contributed by atoms with E-state index in [-0.39, 0.29) is 22.9 Å². The summed E-state index contributed by atoms with van der Waals surface area (Å²) in [6.45, 7) is -1.03. The minimum Gasteiger partial charge on any atom is -0.756 e. The summed E-state index contributed by atoms with van der Waals surface area (Å²) in [7, 11) is -11.0. The van der Waals surface area contributed by atoms with Crippen LogP contribution in [-0.2, 0) is 32.0 Å². The minimum atomic E-state index is -5.59. The molecule has 4 heterocycles. The molecule has 0 saturated carbocycles. The van der Waals surface area contributed by atoms with Crippen LogP contribution in [0.5, 0.6) is 0 Å². The van der Waals surface area contributed by atoms with E-state index >= 15 is 0 Å². The van der Waals surface area contributed by atoms with E-state index < -0.39 is 77.9 Å². The van der Waals surface area contributed by atoms with Gasteiger partial charge in [-0.25, -0.2) is 23.8 Å². The van der Waals surface area contributed by atoms with Gasteiger partial charge in [0.05, 0.1) is 19.5 Å². The number of rotatable bonds is 14. The lowest BCUT2D eigenvalue weighted by Gasteiger charge is -2.26. The van der Waals surface area contributed by atoms with Crippen LogP contribution in [0.2, 0.25) is 0 Å². The van der Waals surface area contributed by atoms with Crippen LogP contribution < -0.4 is 27.4 Å². The quantitative estimate of drug-likeness (QED) is 0.0397. The molecule has 0 spiro atoms. The second-order valence-electron chi connectivity index (χ2n) is 9.70. The fraction of sp³-hybridized carbons (Fsp3) is 0.700. The molecule has 248 valence electrons. The first-order chi connectivity index (χ1) is 20.7. The van der Waals surface area contributed by atoms with Crippen molar-refractivity contribution in [3.05, 3.63) is 12.7 Å². The maximum Gasteiger partial charge on any atom is 0.478 e. The lowest BCUT2D eigenvalue weighted by molar-refractivity contribution is -0.221. The molecule has 0 bridgehead atoms. The second-order valence-corrected chi connectivity index (χ2v) is 12.7. The molecule has 2 unspecified atom stereocenters. The molecule has 0 radical (unpaired) electrons. The Bertz CT molecular complexity index is 1400. The molecule has 2 aromatic heterocycles. The van der Waals surface area contributed by atoms with Gasteiger partial charge < -0.3 is 66.7 Å². The van der Waals surface area contributed by atoms with Crippen molar-refractivity contribution in [3.63, 3.8) is 0 Å². The zero-order valence-electron chi connectivity index (χ0n) is 22.9. The first kappa shape index (κ1) is 34.5. The van der Waals surface area contributed by atoms with Gasteiger partial charge in [-0.05, 0) is 19.4 Å². The summed E-state index contributed by atoms with van der Waals surface area (Å²) >= 11 is 0. The molecule has 12 N–H and O–H groups in total. The van der Waals surface area contributed by atoms with Crippen molar-refractivity contribution in [1.29, 1.82) is 0 Å². The normalized spacial score (nSPS) is 32.1. The standard InChI is InChI=1S/C20H35N9O13P2/c21-3-1-2-4-24-20(23)28-18-14(32)12(30)9(40-18)5-38-43(34,35)42-44(36,37)39-6-10-13(31)15(33)19(41-10)29-8-27-11-16(22)25-7-26-17(11)29/h7-10,12-15,18-19,30-33H,1-6,21H2,(H,34,35)(H,36,37)(H2,22,25,26)(H3,23,24,28)/p-1/t9-,10-,12-,13-,14-,15-,18-,19-/m1/s1. The Morgan fingerprint density at radius 1 is 1.05 bits per heavy atom. The highest BCUT2D eigenvalue weighted by molar-refractivity contribution is 7.60. The molecular weight excluding hydrogens is 636 g/mol. The van der Waals surface area contributed by atoms with Gasteiger partial charge in [0.25, 0.3) is 7.82 Å². The lowest BCUT2D eigenvalue weighted by atomic mass is 10.1. The van der Waals surface area contributed by atoms with Crippen LogP contribution in [0.4, 0.5) is 5.82 Å². The molecular formula is C20H34N9O13P2-. The summed E-state index contributed by atoms with van der Waals surface area (Å²) in [4.78, 5) is 38.1. The number of phosphoric acid groups is 2. The van der Waals surface area contributed by atoms with Gasteiger partial charge in [0.2, 0.25) is 0 Å². The summed E-state index contributed by atoms with van der Waals surface area (Å²) in [6.07, 6.45) is -8.15. The lowest BCUT2D eigenvalue weighted by Crippen LogP contribution is -2.46. The summed E-state index contributed by atoms with van der Waals surface area (Å²) < 4.78 is 50.1. The number of unbranched alkanes of at least 4 members (excludes halogenated alkanes) is 1. The number of phosphoric ester groups is 2. The van der Waals surface area contributed by atoms with E-state index in [0.29, 0.717) is 19.5 Å². The first-order valence-corrected chi connectivity index (χ1v) is 16.1. The molecule has 2 aromatic rings. The number of nitrogens with two attached hydrogens (primary N) is 3. The van der Waals surface area contributed by atoms with Crippen LogP contribution in [0.1, 0.15) is 19.1 Å². The van der Waals surface area contributed by atoms with Gasteiger partial charge in [0.1, 0.15) is 48.5 Å². The largest absolute Gasteiger partial charge is 0.756 e. The summed E-state index contributed by atoms with van der Waals surface area (Å²) in [5, 5.41) is 43.8. The average molecular weight is 670 g/mol. The number of guanidine groups is 1. The number of hydrogen-bond donors (Lipinski definition) is 9. The predicted octanol–water partition coefficient (Wildman–Crippen LogP) is -4.26. The van der Waals surface area contributed by atoms with E-state index in [2.05, 4.69) is 38.6 Å². The van der Waals surface area contributed by atoms with Crippen LogP contribution in [-0.4, -0.2) is 120 Å². The molecule has 24 heteroatoms. The van der Waals surface area contributed by atoms with E-state index in [0.717, 1.165) is 12.7 Å². The number of anilines is 1. The van der Waals surface area contributed by atoms with Crippen LogP contribution >= 0.6 is 15.6 Å². The van der Waals surface area contributed by atoms with Gasteiger partial charge in [-0.3, -0.25) is 18.6 Å². The van der Waals surface area contributed by atoms with Gasteiger partial charge in [-0.2, -0.15) is 0 Å². The molecule has 4 rings (SSSR count). The van der Waals surface area contributed by atoms with Crippen molar-refractivity contribution in [1.82, 2.24) is 24.8 Å². The summed E-state index contributed by atoms with van der Waals surface area (Å²) in [5.41, 5.74) is 17.2. The van der Waals surface area contributed by atoms with Crippen LogP contribution in [0.25, 0.3) is 11.2 Å². The first-order valence-electron chi connectivity index (χ1n) is 13.1. The summed E-state index contributed by atoms with van der Waals surface area (Å²) in [5.74, 6) is -0.0573. The van der Waals surface area contributed by atoms with Crippen LogP contribution in [0.3, 0.4) is 0 Å². The fourth-order valence-electron chi connectivity index (χ4n) is 4.31. The van der Waals surface area contributed by atoms with Crippen molar-refractivity contribution >= 4 is 38.6 Å². The van der Waals surface area contributed by atoms with E-state index in [4.69, 9.17) is 26.7 Å². The van der Waals surface area contributed by atoms with Crippen molar-refractivity contribution in [2.24, 2.45) is 16.5 Å². The number of aromatic nitrogens is 4. The van der Waals surface area contributed by atoms with Crippen molar-refractivity contribution in [3.8, 4) is 0 Å². The fourth-order valence-corrected chi connectivity index (χ4v) is 6.36. The number of aliphatic imine (C=N–C) groups is 1. The number of nitrogen functional groups attached to an aromatic ring is 1. The van der Waals surface area contributed by atoms with Crippen LogP contribution in [0, 0.1) is 0 Å². The number of nitrogens with zero attached hydrogens (tertiary/aromatic N) is 5. The summed E-state index contributed by atoms with van der Waals surface area (Å²) in [6, 6.07) is 0. The van der Waals surface area contributed by atoms with Crippen molar-refractivity contribution < 1.29 is 62.2 Å². The number of nitrogens with one attached hydrogen (secondary N) is 1. The molecule has 0 aliphatic carbocycles. The Hall–Kier alpha value is -2.40. The monoisotopic (exact) mass is 670 g/mol. The Morgan fingerprint density at radius 3 is 2.45 bits per heavy atom. The van der Waals surface area contributed by atoms with E-state index in [1.807, 2.05) is 0 Å². The molecule has 10 atom stereocenters. The van der Waals surface area contributed by atoms with E-state index in [9.17, 15) is 39.3 Å². The maximum atomic E-state index is 12.4. The van der Waals surface area contributed by atoms with Gasteiger partial charge in [0, 0.05) is 6.54 Å². The van der Waals surface area contributed by atoms with Gasteiger partial charge in [-0.15, -0.1) is 0 Å². The smallest absolute Gasteiger partial charge is 0.478 e. The molecule has 0 aromatic carbocycles. The highest BCUT2D eigenvalue weighted by Gasteiger charge is 2.46. The predicted molar refractivity (Wildman–Crippen MR) is 145 cm³/mol. The van der Waals surface area contributed by atoms with Crippen LogP contribution in [0.15, 0.2) is 17.6 Å². The van der Waals surface area contributed by atoms with Crippen molar-refractivity contribution in [2.75, 3.05) is 32.0 Å². The third kappa shape index (κ3) is 8.24. The molecule has 2 aliphatic heterocycles. The molecule has 44 heavy (non-hydrogen) atoms. The van der Waals surface area contributed by atoms with Gasteiger partial charge in [0.15, 0.2) is 29.9 Å². The average Bonchev–Trinajstić information content (AvgIpc) is 3.59. The number of imidazole rings is 1. The molecule has 2 aliphatic rings. The molecule has 22 nitrogen and oxygen atoms in total. The molecule has 0 amide bonds.